The van der Waals surface area contributed by atoms with E-state index in [4.69, 9.17) is 0 Å². The van der Waals surface area contributed by atoms with Gasteiger partial charge in [-0.25, -0.2) is 0 Å². The maximum atomic E-state index is 4.56. The summed E-state index contributed by atoms with van der Waals surface area (Å²) in [5.74, 6) is 0. The zero-order valence-electron chi connectivity index (χ0n) is 13.6. The van der Waals surface area contributed by atoms with Crippen LogP contribution >= 0.6 is 11.3 Å². The Morgan fingerprint density at radius 1 is 1.00 bits per heavy atom. The third-order valence-corrected chi connectivity index (χ3v) is 5.36. The Morgan fingerprint density at radius 3 is 2.67 bits per heavy atom. The topological polar surface area (TPSA) is 16.1 Å². The van der Waals surface area contributed by atoms with Crippen molar-refractivity contribution in [3.63, 3.8) is 0 Å². The maximum absolute atomic E-state index is 4.56. The molecule has 24 heavy (non-hydrogen) atoms. The normalized spacial score (nSPS) is 15.2. The minimum absolute atomic E-state index is 0.914. The molecule has 3 heterocycles. The fraction of sp³-hybridized carbons (Fsp3) is 0.190. The summed E-state index contributed by atoms with van der Waals surface area (Å²) in [6.07, 6.45) is 5.40. The Morgan fingerprint density at radius 2 is 1.92 bits per heavy atom. The van der Waals surface area contributed by atoms with Crippen molar-refractivity contribution in [3.8, 4) is 10.4 Å². The molecule has 0 saturated heterocycles. The van der Waals surface area contributed by atoms with Gasteiger partial charge in [0, 0.05) is 30.7 Å². The molecule has 0 bridgehead atoms. The molecule has 2 aromatic heterocycles. The Labute approximate surface area is 147 Å². The van der Waals surface area contributed by atoms with Crippen LogP contribution in [-0.2, 0) is 6.54 Å². The summed E-state index contributed by atoms with van der Waals surface area (Å²) in [7, 11) is 0. The molecule has 1 aromatic carbocycles. The number of aromatic nitrogens is 1. The van der Waals surface area contributed by atoms with Gasteiger partial charge < -0.3 is 0 Å². The van der Waals surface area contributed by atoms with Crippen LogP contribution in [0.5, 0.6) is 0 Å². The second-order valence-electron chi connectivity index (χ2n) is 6.09. The van der Waals surface area contributed by atoms with E-state index < -0.39 is 0 Å². The average Bonchev–Trinajstić information content (AvgIpc) is 3.18. The van der Waals surface area contributed by atoms with Crippen LogP contribution in [0, 0.1) is 0 Å². The standard InChI is InChI=1S/C21H20N2S/c1-2-5-17(6-3-1)18-9-12-23(13-10-18)16-20-15-19(8-11-22-20)21-7-4-14-24-21/h1-9,11,14-15H,10,12-13,16H2. The van der Waals surface area contributed by atoms with Gasteiger partial charge in [0.25, 0.3) is 0 Å². The number of benzene rings is 1. The number of pyridine rings is 1. The molecule has 0 aliphatic carbocycles. The minimum atomic E-state index is 0.914. The van der Waals surface area contributed by atoms with Crippen molar-refractivity contribution in [2.45, 2.75) is 13.0 Å². The van der Waals surface area contributed by atoms with Crippen LogP contribution in [0.25, 0.3) is 16.0 Å². The van der Waals surface area contributed by atoms with E-state index in [1.807, 2.05) is 6.20 Å². The summed E-state index contributed by atoms with van der Waals surface area (Å²) in [4.78, 5) is 8.34. The number of rotatable bonds is 4. The van der Waals surface area contributed by atoms with Crippen LogP contribution in [0.1, 0.15) is 17.7 Å². The van der Waals surface area contributed by atoms with Crippen molar-refractivity contribution in [1.82, 2.24) is 9.88 Å². The molecule has 0 unspecified atom stereocenters. The van der Waals surface area contributed by atoms with Crippen LogP contribution in [0.4, 0.5) is 0 Å². The predicted molar refractivity (Wildman–Crippen MR) is 102 cm³/mol. The van der Waals surface area contributed by atoms with E-state index in [9.17, 15) is 0 Å². The van der Waals surface area contributed by atoms with E-state index in [0.29, 0.717) is 0 Å². The van der Waals surface area contributed by atoms with Gasteiger partial charge in [-0.3, -0.25) is 9.88 Å². The molecule has 2 nitrogen and oxygen atoms in total. The van der Waals surface area contributed by atoms with Gasteiger partial charge in [0.2, 0.25) is 0 Å². The van der Waals surface area contributed by atoms with Crippen molar-refractivity contribution < 1.29 is 0 Å². The molecule has 1 aliphatic heterocycles. The number of thiophene rings is 1. The summed E-state index contributed by atoms with van der Waals surface area (Å²) in [6, 6.07) is 19.3. The highest BCUT2D eigenvalue weighted by Gasteiger charge is 2.14. The monoisotopic (exact) mass is 332 g/mol. The largest absolute Gasteiger partial charge is 0.294 e. The lowest BCUT2D eigenvalue weighted by atomic mass is 9.99. The molecule has 3 heteroatoms. The second kappa shape index (κ2) is 7.12. The molecular formula is C21H20N2S. The quantitative estimate of drug-likeness (QED) is 0.661. The Kier molecular flexibility index (Phi) is 4.54. The van der Waals surface area contributed by atoms with Crippen molar-refractivity contribution in [2.75, 3.05) is 13.1 Å². The van der Waals surface area contributed by atoms with Crippen LogP contribution in [-0.4, -0.2) is 23.0 Å². The Bertz CT molecular complexity index is 822. The molecule has 1 aliphatic rings. The summed E-state index contributed by atoms with van der Waals surface area (Å²) >= 11 is 1.78. The highest BCUT2D eigenvalue weighted by Crippen LogP contribution is 2.26. The van der Waals surface area contributed by atoms with E-state index in [1.165, 1.54) is 21.6 Å². The Hall–Kier alpha value is -2.23. The van der Waals surface area contributed by atoms with Crippen molar-refractivity contribution in [3.05, 3.63) is 83.5 Å². The predicted octanol–water partition coefficient (Wildman–Crippen LogP) is 5.10. The number of nitrogens with zero attached hydrogens (tertiary/aromatic N) is 2. The Balaban J connectivity index is 1.44. The first kappa shape index (κ1) is 15.3. The fourth-order valence-electron chi connectivity index (χ4n) is 3.16. The molecule has 0 radical (unpaired) electrons. The van der Waals surface area contributed by atoms with E-state index in [-0.39, 0.29) is 0 Å². The van der Waals surface area contributed by atoms with Gasteiger partial charge in [0.05, 0.1) is 5.69 Å². The summed E-state index contributed by atoms with van der Waals surface area (Å²) in [5, 5.41) is 2.12. The number of hydrogen-bond donors (Lipinski definition) is 0. The molecule has 0 spiro atoms. The van der Waals surface area contributed by atoms with Crippen molar-refractivity contribution >= 4 is 16.9 Å². The van der Waals surface area contributed by atoms with Gasteiger partial charge >= 0.3 is 0 Å². The first-order valence-electron chi connectivity index (χ1n) is 8.34. The third-order valence-electron chi connectivity index (χ3n) is 4.45. The molecular weight excluding hydrogens is 312 g/mol. The van der Waals surface area contributed by atoms with Gasteiger partial charge in [-0.1, -0.05) is 42.5 Å². The average molecular weight is 332 g/mol. The first-order valence-corrected chi connectivity index (χ1v) is 9.22. The van der Waals surface area contributed by atoms with Gasteiger partial charge in [0.15, 0.2) is 0 Å². The zero-order chi connectivity index (χ0) is 16.2. The van der Waals surface area contributed by atoms with Gasteiger partial charge in [-0.15, -0.1) is 11.3 Å². The third kappa shape index (κ3) is 3.48. The summed E-state index contributed by atoms with van der Waals surface area (Å²) in [5.41, 5.74) is 5.24. The summed E-state index contributed by atoms with van der Waals surface area (Å²) < 4.78 is 0. The maximum Gasteiger partial charge on any atom is 0.0550 e. The van der Waals surface area contributed by atoms with Crippen molar-refractivity contribution in [2.24, 2.45) is 0 Å². The van der Waals surface area contributed by atoms with E-state index >= 15 is 0 Å². The lowest BCUT2D eigenvalue weighted by Crippen LogP contribution is -2.28. The molecule has 0 fully saturated rings. The van der Waals surface area contributed by atoms with Gasteiger partial charge in [0.1, 0.15) is 0 Å². The second-order valence-corrected chi connectivity index (χ2v) is 7.04. The highest BCUT2D eigenvalue weighted by molar-refractivity contribution is 7.13. The molecule has 0 saturated carbocycles. The molecule has 0 N–H and O–H groups in total. The smallest absolute Gasteiger partial charge is 0.0550 e. The van der Waals surface area contributed by atoms with Crippen LogP contribution in [0.3, 0.4) is 0 Å². The van der Waals surface area contributed by atoms with E-state index in [2.05, 4.69) is 75.9 Å². The lowest BCUT2D eigenvalue weighted by Gasteiger charge is -2.26. The zero-order valence-corrected chi connectivity index (χ0v) is 14.4. The molecule has 120 valence electrons. The van der Waals surface area contributed by atoms with Crippen LogP contribution in [0.15, 0.2) is 72.3 Å². The van der Waals surface area contributed by atoms with Crippen LogP contribution in [0.2, 0.25) is 0 Å². The highest BCUT2D eigenvalue weighted by atomic mass is 32.1. The molecule has 3 aromatic rings. The van der Waals surface area contributed by atoms with Gasteiger partial charge in [-0.2, -0.15) is 0 Å². The first-order chi connectivity index (χ1) is 11.9. The van der Waals surface area contributed by atoms with Crippen molar-refractivity contribution in [1.29, 1.82) is 0 Å². The molecule has 4 rings (SSSR count). The van der Waals surface area contributed by atoms with E-state index in [0.717, 1.165) is 31.7 Å². The van der Waals surface area contributed by atoms with Gasteiger partial charge in [-0.05, 0) is 46.7 Å². The fourth-order valence-corrected chi connectivity index (χ4v) is 3.88. The SMILES string of the molecule is C1=C(c2ccccc2)CCN(Cc2cc(-c3cccs3)ccn2)C1. The lowest BCUT2D eigenvalue weighted by molar-refractivity contribution is 0.290. The minimum Gasteiger partial charge on any atom is -0.294 e. The van der Waals surface area contributed by atoms with E-state index in [1.54, 1.807) is 11.3 Å². The molecule has 0 atom stereocenters. The molecule has 0 amide bonds. The number of hydrogen-bond acceptors (Lipinski definition) is 3. The summed E-state index contributed by atoms with van der Waals surface area (Å²) in [6.45, 7) is 3.00. The van der Waals surface area contributed by atoms with Crippen LogP contribution < -0.4 is 0 Å².